The van der Waals surface area contributed by atoms with E-state index in [0.717, 1.165) is 0 Å². The molecule has 5 heavy (non-hydrogen) atoms. The van der Waals surface area contributed by atoms with Crippen LogP contribution < -0.4 is 0 Å². The molecular formula is O3STe. The predicted molar refractivity (Wildman–Crippen MR) is 15.5 cm³/mol. The molecule has 0 aliphatic rings. The first-order valence-corrected chi connectivity index (χ1v) is 1.50. The van der Waals surface area contributed by atoms with Gasteiger partial charge < -0.3 is 9.11 Å². The summed E-state index contributed by atoms with van der Waals surface area (Å²) in [5.41, 5.74) is 0. The van der Waals surface area contributed by atoms with Crippen LogP contribution in [0.5, 0.6) is 0 Å². The molecule has 0 aromatic rings. The summed E-state index contributed by atoms with van der Waals surface area (Å²) in [6.07, 6.45) is 0. The molecule has 0 aliphatic carbocycles. The molecule has 0 heterocycles. The van der Waals surface area contributed by atoms with Crippen LogP contribution in [0.15, 0.2) is 0 Å². The number of hydrogen-bond acceptors (Lipinski definition) is 3. The molecular weight excluding hydrogens is 208 g/mol. The Hall–Kier alpha value is 0.860. The van der Waals surface area contributed by atoms with Gasteiger partial charge in [0.2, 0.25) is 0 Å². The van der Waals surface area contributed by atoms with Crippen molar-refractivity contribution in [1.82, 2.24) is 0 Å². The minimum Gasteiger partial charge on any atom is -0.784 e. The summed E-state index contributed by atoms with van der Waals surface area (Å²) in [4.78, 5) is 0. The van der Waals surface area contributed by atoms with Gasteiger partial charge in [-0.15, -0.1) is 11.4 Å². The van der Waals surface area contributed by atoms with Gasteiger partial charge in [-0.3, -0.25) is 4.21 Å². The van der Waals surface area contributed by atoms with Crippen molar-refractivity contribution in [2.24, 2.45) is 0 Å². The molecule has 0 fully saturated rings. The van der Waals surface area contributed by atoms with Gasteiger partial charge in [0.15, 0.2) is 0 Å². The molecule has 0 aromatic carbocycles. The van der Waals surface area contributed by atoms with Crippen molar-refractivity contribution in [3.8, 4) is 0 Å². The van der Waals surface area contributed by atoms with Crippen molar-refractivity contribution in [3.05, 3.63) is 0 Å². The van der Waals surface area contributed by atoms with Crippen molar-refractivity contribution in [2.45, 2.75) is 0 Å². The normalized spacial score (nSPS) is 7.00. The van der Waals surface area contributed by atoms with E-state index in [1.807, 2.05) is 0 Å². The zero-order valence-corrected chi connectivity index (χ0v) is 5.19. The topological polar surface area (TPSA) is 63.2 Å². The minimum absolute atomic E-state index is 0. The molecule has 0 atom stereocenters. The average Bonchev–Trinajstić information content (AvgIpc) is 0.811. The van der Waals surface area contributed by atoms with Crippen LogP contribution in [0.25, 0.3) is 0 Å². The van der Waals surface area contributed by atoms with Crippen molar-refractivity contribution >= 4 is 35.0 Å². The molecule has 0 unspecified atom stereocenters. The first-order valence-electron chi connectivity index (χ1n) is 0.500. The van der Waals surface area contributed by atoms with Crippen molar-refractivity contribution in [2.75, 3.05) is 0 Å². The fourth-order valence-electron chi connectivity index (χ4n) is 0. The van der Waals surface area contributed by atoms with E-state index >= 15 is 0 Å². The molecule has 0 bridgehead atoms. The van der Waals surface area contributed by atoms with Gasteiger partial charge in [-0.05, 0) is 0 Å². The van der Waals surface area contributed by atoms with Crippen molar-refractivity contribution < 1.29 is 13.3 Å². The molecule has 0 amide bonds. The Balaban J connectivity index is 0. The molecule has 5 heteroatoms. The smallest absolute Gasteiger partial charge is 0.784 e. The van der Waals surface area contributed by atoms with Crippen LogP contribution in [0.3, 0.4) is 0 Å². The van der Waals surface area contributed by atoms with Crippen molar-refractivity contribution in [1.29, 1.82) is 0 Å². The van der Waals surface area contributed by atoms with Crippen LogP contribution in [0.2, 0.25) is 0 Å². The summed E-state index contributed by atoms with van der Waals surface area (Å²) in [5.74, 6) is 0. The Kier molecular flexibility index (Phi) is 9.03. The summed E-state index contributed by atoms with van der Waals surface area (Å²) in [7, 11) is 0. The maximum atomic E-state index is 8.44. The van der Waals surface area contributed by atoms with E-state index in [1.54, 1.807) is 0 Å². The largest absolute Gasteiger partial charge is 2.00 e. The second-order valence-electron chi connectivity index (χ2n) is 0.204. The second kappa shape index (κ2) is 4.86. The van der Waals surface area contributed by atoms with Crippen LogP contribution in [-0.4, -0.2) is 37.0 Å². The van der Waals surface area contributed by atoms with Crippen LogP contribution in [0.1, 0.15) is 0 Å². The molecule has 0 aliphatic heterocycles. The molecule has 0 saturated heterocycles. The van der Waals surface area contributed by atoms with E-state index in [1.165, 1.54) is 0 Å². The molecule has 3 nitrogen and oxygen atoms in total. The Labute approximate surface area is 48.6 Å². The quantitative estimate of drug-likeness (QED) is 0.363. The number of rotatable bonds is 0. The fourth-order valence-corrected chi connectivity index (χ4v) is 0. The van der Waals surface area contributed by atoms with Crippen molar-refractivity contribution in [3.63, 3.8) is 0 Å². The first kappa shape index (κ1) is 9.29. The minimum atomic E-state index is -3.11. The zero-order valence-electron chi connectivity index (χ0n) is 2.04. The third kappa shape index (κ3) is 53.8. The van der Waals surface area contributed by atoms with Gasteiger partial charge in [0.1, 0.15) is 0 Å². The molecule has 0 rings (SSSR count). The first-order chi connectivity index (χ1) is 1.73. The van der Waals surface area contributed by atoms with Crippen LogP contribution >= 0.6 is 0 Å². The van der Waals surface area contributed by atoms with Gasteiger partial charge in [0.25, 0.3) is 0 Å². The monoisotopic (exact) mass is 210 g/mol. The van der Waals surface area contributed by atoms with Gasteiger partial charge in [-0.1, -0.05) is 0 Å². The molecule has 0 N–H and O–H groups in total. The summed E-state index contributed by atoms with van der Waals surface area (Å²) in [6, 6.07) is 0. The number of hydrogen-bond donors (Lipinski definition) is 0. The van der Waals surface area contributed by atoms with Gasteiger partial charge in [0.05, 0.1) is 0 Å². The third-order valence-electron chi connectivity index (χ3n) is 0. The molecule has 0 aromatic heterocycles. The summed E-state index contributed by atoms with van der Waals surface area (Å²) >= 11 is -3.11. The van der Waals surface area contributed by atoms with E-state index < -0.39 is 11.4 Å². The van der Waals surface area contributed by atoms with E-state index in [0.29, 0.717) is 0 Å². The van der Waals surface area contributed by atoms with Crippen LogP contribution in [-0.2, 0) is 11.4 Å². The van der Waals surface area contributed by atoms with Crippen LogP contribution in [0.4, 0.5) is 0 Å². The Morgan fingerprint density at radius 3 is 1.40 bits per heavy atom. The summed E-state index contributed by atoms with van der Waals surface area (Å²) in [6.45, 7) is 0. The Bertz CT molecular complexity index is 29.9. The second-order valence-corrected chi connectivity index (χ2v) is 0.612. The molecule has 0 spiro atoms. The maximum Gasteiger partial charge on any atom is 2.00 e. The van der Waals surface area contributed by atoms with E-state index in [-0.39, 0.29) is 23.7 Å². The molecule has 4 radical (unpaired) electrons. The standard InChI is InChI=1S/H2O3S.Te/c1-4(2)3;/h(H2,1,2,3);/q;+2/p-2. The fraction of sp³-hybridized carbons (Fsp3) is 0. The summed E-state index contributed by atoms with van der Waals surface area (Å²) in [5, 5.41) is 0. The Morgan fingerprint density at radius 1 is 1.40 bits per heavy atom. The van der Waals surface area contributed by atoms with Gasteiger partial charge in [-0.25, -0.2) is 0 Å². The van der Waals surface area contributed by atoms with E-state index in [2.05, 4.69) is 0 Å². The van der Waals surface area contributed by atoms with Gasteiger partial charge >= 0.3 is 23.7 Å². The predicted octanol–water partition coefficient (Wildman–Crippen LogP) is -1.38. The third-order valence-corrected chi connectivity index (χ3v) is 0. The van der Waals surface area contributed by atoms with E-state index in [9.17, 15) is 0 Å². The van der Waals surface area contributed by atoms with Gasteiger partial charge in [0, 0.05) is 0 Å². The SMILES string of the molecule is O=S([O-])[O-].[Te+2]. The van der Waals surface area contributed by atoms with E-state index in [4.69, 9.17) is 13.3 Å². The maximum absolute atomic E-state index is 8.44. The average molecular weight is 208 g/mol. The Morgan fingerprint density at radius 2 is 1.40 bits per heavy atom. The molecule has 30 valence electrons. The molecule has 0 saturated carbocycles. The van der Waals surface area contributed by atoms with Gasteiger partial charge in [-0.2, -0.15) is 0 Å². The zero-order chi connectivity index (χ0) is 3.58. The van der Waals surface area contributed by atoms with Crippen LogP contribution in [0, 0.1) is 0 Å². The summed E-state index contributed by atoms with van der Waals surface area (Å²) < 4.78 is 25.3.